The highest BCUT2D eigenvalue weighted by Crippen LogP contribution is 2.30. The average molecular weight is 158 g/mol. The van der Waals surface area contributed by atoms with Crippen LogP contribution in [0.2, 0.25) is 0 Å². The van der Waals surface area contributed by atoms with E-state index in [2.05, 4.69) is 44.8 Å². The lowest BCUT2D eigenvalue weighted by atomic mass is 10.1. The first-order valence-electron chi connectivity index (χ1n) is 4.08. The van der Waals surface area contributed by atoms with E-state index in [1.54, 1.807) is 0 Å². The number of aryl methyl sites for hydroxylation is 1. The van der Waals surface area contributed by atoms with Gasteiger partial charge in [-0.15, -0.1) is 0 Å². The molecule has 0 amide bonds. The third-order valence-corrected chi connectivity index (χ3v) is 2.26. The highest BCUT2D eigenvalue weighted by Gasteiger charge is 2.20. The van der Waals surface area contributed by atoms with Gasteiger partial charge in [0.15, 0.2) is 5.70 Å². The van der Waals surface area contributed by atoms with Gasteiger partial charge in [-0.1, -0.05) is 11.6 Å². The van der Waals surface area contributed by atoms with Crippen molar-refractivity contribution in [3.8, 4) is 0 Å². The second kappa shape index (κ2) is 2.31. The Balaban J connectivity index is 2.65. The summed E-state index contributed by atoms with van der Waals surface area (Å²) in [7, 11) is 0. The Labute approximate surface area is 72.7 Å². The molecule has 0 N–H and O–H groups in total. The second-order valence-electron chi connectivity index (χ2n) is 3.28. The van der Waals surface area contributed by atoms with E-state index in [4.69, 9.17) is 0 Å². The quantitative estimate of drug-likeness (QED) is 0.511. The minimum atomic E-state index is 1.20. The van der Waals surface area contributed by atoms with E-state index in [1.807, 2.05) is 4.58 Å². The highest BCUT2D eigenvalue weighted by atomic mass is 15.0. The van der Waals surface area contributed by atoms with Gasteiger partial charge in [-0.25, -0.2) is 0 Å². The molecule has 0 radical (unpaired) electrons. The molecule has 1 nitrogen and oxygen atoms in total. The Kier molecular flexibility index (Phi) is 1.40. The van der Waals surface area contributed by atoms with E-state index in [-0.39, 0.29) is 0 Å². The van der Waals surface area contributed by atoms with E-state index < -0.39 is 0 Å². The predicted octanol–water partition coefficient (Wildman–Crippen LogP) is 2.71. The third kappa shape index (κ3) is 0.900. The van der Waals surface area contributed by atoms with E-state index in [9.17, 15) is 0 Å². The van der Waals surface area contributed by atoms with Crippen LogP contribution in [0.4, 0.5) is 5.69 Å². The van der Waals surface area contributed by atoms with Gasteiger partial charge >= 0.3 is 0 Å². The van der Waals surface area contributed by atoms with Gasteiger partial charge in [0.1, 0.15) is 6.72 Å². The van der Waals surface area contributed by atoms with Crippen molar-refractivity contribution in [3.05, 3.63) is 35.0 Å². The molecule has 60 valence electrons. The van der Waals surface area contributed by atoms with Crippen LogP contribution >= 0.6 is 0 Å². The summed E-state index contributed by atoms with van der Waals surface area (Å²) in [5, 5.41) is 0. The van der Waals surface area contributed by atoms with Gasteiger partial charge in [-0.2, -0.15) is 4.58 Å². The number of nitrogens with zero attached hydrogens (tertiary/aromatic N) is 1. The molecule has 0 aromatic heterocycles. The topological polar surface area (TPSA) is 3.01 Å². The summed E-state index contributed by atoms with van der Waals surface area (Å²) in [6.07, 6.45) is 2.16. The maximum Gasteiger partial charge on any atom is 0.217 e. The molecule has 12 heavy (non-hydrogen) atoms. The van der Waals surface area contributed by atoms with Gasteiger partial charge in [0.2, 0.25) is 5.69 Å². The predicted molar refractivity (Wildman–Crippen MR) is 51.9 cm³/mol. The first kappa shape index (κ1) is 7.29. The Morgan fingerprint density at radius 3 is 2.75 bits per heavy atom. The summed E-state index contributed by atoms with van der Waals surface area (Å²) in [5.41, 5.74) is 4.99. The van der Waals surface area contributed by atoms with Crippen molar-refractivity contribution in [3.63, 3.8) is 0 Å². The molecule has 1 heteroatoms. The van der Waals surface area contributed by atoms with Crippen molar-refractivity contribution < 1.29 is 4.58 Å². The Hall–Kier alpha value is -1.37. The maximum atomic E-state index is 3.95. The molecular formula is C11H12N+. The van der Waals surface area contributed by atoms with Crippen molar-refractivity contribution in [2.75, 3.05) is 0 Å². The monoisotopic (exact) mass is 158 g/mol. The Bertz CT molecular complexity index is 386. The van der Waals surface area contributed by atoms with Crippen molar-refractivity contribution in [1.29, 1.82) is 0 Å². The lowest BCUT2D eigenvalue weighted by molar-refractivity contribution is -0.366. The Morgan fingerprint density at radius 1 is 1.25 bits per heavy atom. The number of allylic oxidation sites excluding steroid dienone is 1. The molecule has 0 bridgehead atoms. The average Bonchev–Trinajstić information content (AvgIpc) is 2.28. The molecular weight excluding hydrogens is 146 g/mol. The molecule has 0 spiro atoms. The van der Waals surface area contributed by atoms with E-state index in [1.165, 1.54) is 22.5 Å². The molecule has 1 aromatic carbocycles. The first-order chi connectivity index (χ1) is 5.68. The molecule has 1 heterocycles. The summed E-state index contributed by atoms with van der Waals surface area (Å²) in [4.78, 5) is 0. The molecule has 0 saturated heterocycles. The Morgan fingerprint density at radius 2 is 2.00 bits per heavy atom. The van der Waals surface area contributed by atoms with Crippen LogP contribution in [0.25, 0.3) is 6.08 Å². The van der Waals surface area contributed by atoms with Gasteiger partial charge in [0.25, 0.3) is 0 Å². The van der Waals surface area contributed by atoms with Crippen molar-refractivity contribution in [2.24, 2.45) is 0 Å². The summed E-state index contributed by atoms with van der Waals surface area (Å²) in [6, 6.07) is 6.41. The number of rotatable bonds is 0. The summed E-state index contributed by atoms with van der Waals surface area (Å²) in [5.74, 6) is 0. The fourth-order valence-electron chi connectivity index (χ4n) is 1.53. The van der Waals surface area contributed by atoms with Gasteiger partial charge in [0, 0.05) is 19.1 Å². The minimum Gasteiger partial charge on any atom is -0.171 e. The normalized spacial score (nSPS) is 14.5. The van der Waals surface area contributed by atoms with Crippen molar-refractivity contribution in [1.82, 2.24) is 0 Å². The largest absolute Gasteiger partial charge is 0.217 e. The van der Waals surface area contributed by atoms with Crippen LogP contribution in [0.5, 0.6) is 0 Å². The number of benzene rings is 1. The van der Waals surface area contributed by atoms with Gasteiger partial charge in [0.05, 0.1) is 5.56 Å². The number of hydrogen-bond acceptors (Lipinski definition) is 0. The summed E-state index contributed by atoms with van der Waals surface area (Å²) >= 11 is 0. The zero-order valence-electron chi connectivity index (χ0n) is 7.46. The van der Waals surface area contributed by atoms with Gasteiger partial charge < -0.3 is 0 Å². The fraction of sp³-hybridized carbons (Fsp3) is 0.182. The van der Waals surface area contributed by atoms with Crippen molar-refractivity contribution in [2.45, 2.75) is 13.8 Å². The van der Waals surface area contributed by atoms with Crippen LogP contribution in [0.3, 0.4) is 0 Å². The molecule has 1 aliphatic heterocycles. The standard InChI is InChI=1S/C11H12N/c1-8-4-5-11-10(6-8)7-9(2)12(11)3/h4-7H,3H2,1-2H3/q+1. The molecule has 0 atom stereocenters. The number of fused-ring (bicyclic) bond motifs is 1. The third-order valence-electron chi connectivity index (χ3n) is 2.26. The van der Waals surface area contributed by atoms with Crippen LogP contribution in [0.1, 0.15) is 18.1 Å². The smallest absolute Gasteiger partial charge is 0.171 e. The fourth-order valence-corrected chi connectivity index (χ4v) is 1.53. The molecule has 0 aliphatic carbocycles. The van der Waals surface area contributed by atoms with Gasteiger partial charge in [-0.05, 0) is 13.0 Å². The molecule has 0 fully saturated rings. The van der Waals surface area contributed by atoms with Crippen LogP contribution in [0.15, 0.2) is 23.9 Å². The zero-order chi connectivity index (χ0) is 8.72. The summed E-state index contributed by atoms with van der Waals surface area (Å²) < 4.78 is 1.97. The molecule has 0 unspecified atom stereocenters. The second-order valence-corrected chi connectivity index (χ2v) is 3.28. The zero-order valence-corrected chi connectivity index (χ0v) is 7.46. The van der Waals surface area contributed by atoms with Crippen molar-refractivity contribution >= 4 is 18.5 Å². The SMILES string of the molecule is C=[N+]1C(C)=Cc2cc(C)ccc21. The summed E-state index contributed by atoms with van der Waals surface area (Å²) in [6.45, 7) is 8.13. The van der Waals surface area contributed by atoms with E-state index in [0.29, 0.717) is 0 Å². The minimum absolute atomic E-state index is 1.20. The molecule has 2 rings (SSSR count). The van der Waals surface area contributed by atoms with Crippen LogP contribution in [0, 0.1) is 6.92 Å². The molecule has 0 saturated carbocycles. The first-order valence-corrected chi connectivity index (χ1v) is 4.08. The van der Waals surface area contributed by atoms with Crippen LogP contribution in [-0.2, 0) is 0 Å². The lowest BCUT2D eigenvalue weighted by Crippen LogP contribution is -1.93. The highest BCUT2D eigenvalue weighted by molar-refractivity contribution is 5.67. The lowest BCUT2D eigenvalue weighted by Gasteiger charge is -1.95. The molecule has 1 aromatic rings. The van der Waals surface area contributed by atoms with E-state index >= 15 is 0 Å². The number of hydrogen-bond donors (Lipinski definition) is 0. The maximum absolute atomic E-state index is 3.95. The van der Waals surface area contributed by atoms with Crippen LogP contribution in [-0.4, -0.2) is 11.3 Å². The van der Waals surface area contributed by atoms with Crippen LogP contribution < -0.4 is 0 Å². The molecule has 1 aliphatic rings. The van der Waals surface area contributed by atoms with E-state index in [0.717, 1.165) is 0 Å². The van der Waals surface area contributed by atoms with Gasteiger partial charge in [-0.3, -0.25) is 0 Å².